The van der Waals surface area contributed by atoms with E-state index in [2.05, 4.69) is 69.4 Å². The Bertz CT molecular complexity index is 1380. The number of rotatable bonds is 66. The van der Waals surface area contributed by atoms with Crippen molar-refractivity contribution in [3.8, 4) is 0 Å². The van der Waals surface area contributed by atoms with Crippen LogP contribution in [0.25, 0.3) is 0 Å². The lowest BCUT2D eigenvalue weighted by Gasteiger charge is -2.18. The van der Waals surface area contributed by atoms with Crippen molar-refractivity contribution < 1.29 is 28.6 Å². The molecule has 0 aromatic heterocycles. The SMILES string of the molecule is CC/C=C\C/C=C\C/C=C\C/C=C\CCCCCCCCCCCCC(=O)OC(COC(=O)CCCCCCCCCC)COC(=O)CCCCCCCCCCCCCCCCCCCCCCCCCCCCCCCCC. The lowest BCUT2D eigenvalue weighted by atomic mass is 10.0. The number of unbranched alkanes of at least 4 members (excludes halogenated alkanes) is 47. The van der Waals surface area contributed by atoms with Crippen molar-refractivity contribution in [2.24, 2.45) is 0 Å². The number of carbonyl (C=O) groups excluding carboxylic acids is 3. The van der Waals surface area contributed by atoms with E-state index in [1.807, 2.05) is 0 Å². The molecule has 468 valence electrons. The van der Waals surface area contributed by atoms with Gasteiger partial charge in [0.1, 0.15) is 13.2 Å². The van der Waals surface area contributed by atoms with E-state index in [0.717, 1.165) is 83.5 Å². The average Bonchev–Trinajstić information content (AvgIpc) is 3.46. The maximum atomic E-state index is 12.9. The van der Waals surface area contributed by atoms with Crippen molar-refractivity contribution in [3.05, 3.63) is 48.6 Å². The maximum Gasteiger partial charge on any atom is 0.306 e. The lowest BCUT2D eigenvalue weighted by molar-refractivity contribution is -0.167. The quantitative estimate of drug-likeness (QED) is 0.0261. The summed E-state index contributed by atoms with van der Waals surface area (Å²) in [5, 5.41) is 0. The predicted molar refractivity (Wildman–Crippen MR) is 349 cm³/mol. The van der Waals surface area contributed by atoms with Gasteiger partial charge >= 0.3 is 17.9 Å². The minimum absolute atomic E-state index is 0.0698. The first-order valence-electron chi connectivity index (χ1n) is 35.6. The standard InChI is InChI=1S/C74H136O6/c1-4-7-10-13-16-19-21-23-25-27-29-31-33-34-35-36-37-38-39-40-42-43-45-47-49-51-53-55-58-61-64-67-73(76)79-70-71(69-78-72(75)66-63-60-57-18-15-12-9-6-3)80-74(77)68-65-62-59-56-54-52-50-48-46-44-41-32-30-28-26-24-22-20-17-14-11-8-5-2/h8,11,17,20,24,26,30,32,71H,4-7,9-10,12-16,18-19,21-23,25,27-29,31,33-70H2,1-3H3/b11-8-,20-17-,26-24-,32-30-. The van der Waals surface area contributed by atoms with Crippen LogP contribution in [-0.4, -0.2) is 37.2 Å². The van der Waals surface area contributed by atoms with Gasteiger partial charge in [-0.3, -0.25) is 14.4 Å². The van der Waals surface area contributed by atoms with Crippen LogP contribution in [0.5, 0.6) is 0 Å². The molecule has 0 rings (SSSR count). The summed E-state index contributed by atoms with van der Waals surface area (Å²) >= 11 is 0. The number of hydrogen-bond donors (Lipinski definition) is 0. The van der Waals surface area contributed by atoms with Gasteiger partial charge in [-0.1, -0.05) is 358 Å². The van der Waals surface area contributed by atoms with E-state index in [9.17, 15) is 14.4 Å². The Morgan fingerprint density at radius 1 is 0.263 bits per heavy atom. The molecule has 0 bridgehead atoms. The van der Waals surface area contributed by atoms with E-state index >= 15 is 0 Å². The number of esters is 3. The highest BCUT2D eigenvalue weighted by Gasteiger charge is 2.19. The Morgan fingerprint density at radius 2 is 0.487 bits per heavy atom. The summed E-state index contributed by atoms with van der Waals surface area (Å²) in [5.74, 6) is -0.855. The topological polar surface area (TPSA) is 78.9 Å². The zero-order valence-electron chi connectivity index (χ0n) is 53.9. The molecule has 6 nitrogen and oxygen atoms in total. The summed E-state index contributed by atoms with van der Waals surface area (Å²) in [7, 11) is 0. The van der Waals surface area contributed by atoms with Crippen LogP contribution in [0.2, 0.25) is 0 Å². The van der Waals surface area contributed by atoms with Crippen LogP contribution in [0, 0.1) is 0 Å². The molecule has 0 amide bonds. The fourth-order valence-electron chi connectivity index (χ4n) is 10.8. The van der Waals surface area contributed by atoms with E-state index in [1.165, 1.54) is 263 Å². The third-order valence-corrected chi connectivity index (χ3v) is 16.1. The monoisotopic (exact) mass is 1120 g/mol. The van der Waals surface area contributed by atoms with Gasteiger partial charge in [-0.25, -0.2) is 0 Å². The molecule has 0 aliphatic heterocycles. The zero-order chi connectivity index (χ0) is 57.8. The van der Waals surface area contributed by atoms with Gasteiger partial charge in [0, 0.05) is 19.3 Å². The first-order chi connectivity index (χ1) is 39.5. The fraction of sp³-hybridized carbons (Fsp3) is 0.851. The third kappa shape index (κ3) is 66.2. The first-order valence-corrected chi connectivity index (χ1v) is 35.6. The number of carbonyl (C=O) groups is 3. The van der Waals surface area contributed by atoms with Gasteiger partial charge in [0.15, 0.2) is 6.10 Å². The van der Waals surface area contributed by atoms with Crippen LogP contribution in [0.3, 0.4) is 0 Å². The van der Waals surface area contributed by atoms with Gasteiger partial charge in [-0.05, 0) is 57.8 Å². The molecule has 0 N–H and O–H groups in total. The molecule has 0 aliphatic rings. The average molecular weight is 1120 g/mol. The van der Waals surface area contributed by atoms with Crippen LogP contribution >= 0.6 is 0 Å². The Kier molecular flexibility index (Phi) is 66.6. The molecule has 1 atom stereocenters. The second kappa shape index (κ2) is 68.9. The van der Waals surface area contributed by atoms with Crippen molar-refractivity contribution in [2.45, 2.75) is 393 Å². The van der Waals surface area contributed by atoms with Gasteiger partial charge in [0.2, 0.25) is 0 Å². The second-order valence-electron chi connectivity index (χ2n) is 24.1. The van der Waals surface area contributed by atoms with Crippen LogP contribution < -0.4 is 0 Å². The van der Waals surface area contributed by atoms with Crippen LogP contribution in [0.1, 0.15) is 387 Å². The van der Waals surface area contributed by atoms with Crippen molar-refractivity contribution in [3.63, 3.8) is 0 Å². The molecule has 80 heavy (non-hydrogen) atoms. The van der Waals surface area contributed by atoms with Gasteiger partial charge in [0.05, 0.1) is 0 Å². The van der Waals surface area contributed by atoms with Crippen LogP contribution in [0.4, 0.5) is 0 Å². The van der Waals surface area contributed by atoms with Crippen molar-refractivity contribution in [1.82, 2.24) is 0 Å². The second-order valence-corrected chi connectivity index (χ2v) is 24.1. The normalized spacial score (nSPS) is 12.3. The first kappa shape index (κ1) is 77.4. The molecule has 1 unspecified atom stereocenters. The molecule has 0 spiro atoms. The Morgan fingerprint density at radius 3 is 0.762 bits per heavy atom. The summed E-state index contributed by atoms with van der Waals surface area (Å²) in [6.07, 6.45) is 87.5. The Hall–Kier alpha value is -2.63. The zero-order valence-corrected chi connectivity index (χ0v) is 53.9. The summed E-state index contributed by atoms with van der Waals surface area (Å²) in [4.78, 5) is 38.2. The van der Waals surface area contributed by atoms with Gasteiger partial charge in [-0.15, -0.1) is 0 Å². The minimum Gasteiger partial charge on any atom is -0.462 e. The van der Waals surface area contributed by atoms with E-state index in [4.69, 9.17) is 14.2 Å². The minimum atomic E-state index is -0.772. The molecule has 0 aliphatic carbocycles. The van der Waals surface area contributed by atoms with Gasteiger partial charge in [0.25, 0.3) is 0 Å². The molecule has 0 aromatic carbocycles. The molecule has 0 saturated carbocycles. The Balaban J connectivity index is 4.04. The predicted octanol–water partition coefficient (Wildman–Crippen LogP) is 24.5. The number of ether oxygens (including phenoxy) is 3. The van der Waals surface area contributed by atoms with Crippen molar-refractivity contribution in [2.75, 3.05) is 13.2 Å². The van der Waals surface area contributed by atoms with Crippen LogP contribution in [-0.2, 0) is 28.6 Å². The molecule has 6 heteroatoms. The summed E-state index contributed by atoms with van der Waals surface area (Å²) in [6.45, 7) is 6.56. The number of allylic oxidation sites excluding steroid dienone is 8. The van der Waals surface area contributed by atoms with Crippen molar-refractivity contribution >= 4 is 17.9 Å². The number of hydrogen-bond acceptors (Lipinski definition) is 6. The summed E-state index contributed by atoms with van der Waals surface area (Å²) in [6, 6.07) is 0. The molecular formula is C74H136O6. The molecule has 0 saturated heterocycles. The highest BCUT2D eigenvalue weighted by atomic mass is 16.6. The molecule has 0 heterocycles. The highest BCUT2D eigenvalue weighted by molar-refractivity contribution is 5.71. The smallest absolute Gasteiger partial charge is 0.306 e. The summed E-state index contributed by atoms with van der Waals surface area (Å²) in [5.41, 5.74) is 0. The van der Waals surface area contributed by atoms with E-state index in [0.29, 0.717) is 19.3 Å². The van der Waals surface area contributed by atoms with Crippen LogP contribution in [0.15, 0.2) is 48.6 Å². The van der Waals surface area contributed by atoms with E-state index in [-0.39, 0.29) is 31.1 Å². The molecule has 0 fully saturated rings. The highest BCUT2D eigenvalue weighted by Crippen LogP contribution is 2.19. The molecule has 0 radical (unpaired) electrons. The van der Waals surface area contributed by atoms with Gasteiger partial charge < -0.3 is 14.2 Å². The molecule has 0 aromatic rings. The summed E-state index contributed by atoms with van der Waals surface area (Å²) < 4.78 is 16.9. The largest absolute Gasteiger partial charge is 0.462 e. The fourth-order valence-corrected chi connectivity index (χ4v) is 10.8. The maximum absolute atomic E-state index is 12.9. The van der Waals surface area contributed by atoms with Crippen molar-refractivity contribution in [1.29, 1.82) is 0 Å². The third-order valence-electron chi connectivity index (χ3n) is 16.1. The lowest BCUT2D eigenvalue weighted by Crippen LogP contribution is -2.30. The Labute approximate surface area is 498 Å². The van der Waals surface area contributed by atoms with E-state index < -0.39 is 6.10 Å². The molecular weight excluding hydrogens is 985 g/mol. The van der Waals surface area contributed by atoms with E-state index in [1.54, 1.807) is 0 Å². The van der Waals surface area contributed by atoms with Gasteiger partial charge in [-0.2, -0.15) is 0 Å².